The molecule has 1 saturated heterocycles. The second-order valence-electron chi connectivity index (χ2n) is 11.4. The number of nitrogens with one attached hydrogen (secondary N) is 1. The Morgan fingerprint density at radius 3 is 2.70 bits per heavy atom. The summed E-state index contributed by atoms with van der Waals surface area (Å²) in [5, 5.41) is 3.23. The Bertz CT molecular complexity index is 1690. The average molecular weight is 628 g/mol. The zero-order valence-corrected chi connectivity index (χ0v) is 24.7. The van der Waals surface area contributed by atoms with E-state index < -0.39 is 35.5 Å². The summed E-state index contributed by atoms with van der Waals surface area (Å²) in [5.74, 6) is -1.34. The molecule has 0 spiro atoms. The summed E-state index contributed by atoms with van der Waals surface area (Å²) in [7, 11) is 0. The predicted molar refractivity (Wildman–Crippen MR) is 157 cm³/mol. The Morgan fingerprint density at radius 2 is 1.98 bits per heavy atom. The first kappa shape index (κ1) is 29.7. The van der Waals surface area contributed by atoms with Crippen LogP contribution in [0.1, 0.15) is 36.1 Å². The first-order chi connectivity index (χ1) is 20.8. The number of pyridine rings is 1. The van der Waals surface area contributed by atoms with Gasteiger partial charge in [-0.25, -0.2) is 9.97 Å². The van der Waals surface area contributed by atoms with Gasteiger partial charge < -0.3 is 19.7 Å². The van der Waals surface area contributed by atoms with Gasteiger partial charge in [-0.2, -0.15) is 13.2 Å². The number of aromatic nitrogens is 3. The Kier molecular flexibility index (Phi) is 7.39. The minimum atomic E-state index is -4.65. The lowest BCUT2D eigenvalue weighted by atomic mass is 9.96. The van der Waals surface area contributed by atoms with Crippen molar-refractivity contribution in [2.24, 2.45) is 5.92 Å². The van der Waals surface area contributed by atoms with E-state index in [9.17, 15) is 27.6 Å². The maximum atomic E-state index is 13.7. The monoisotopic (exact) mass is 627 g/mol. The highest BCUT2D eigenvalue weighted by Gasteiger charge is 2.48. The molecule has 0 unspecified atom stereocenters. The smallest absolute Gasteiger partial charge is 0.362 e. The second kappa shape index (κ2) is 11.0. The van der Waals surface area contributed by atoms with E-state index in [-0.39, 0.29) is 43.0 Å². The van der Waals surface area contributed by atoms with E-state index >= 15 is 0 Å². The van der Waals surface area contributed by atoms with E-state index in [0.29, 0.717) is 41.0 Å². The number of aryl methyl sites for hydroxylation is 1. The molecule has 2 aromatic heterocycles. The fraction of sp³-hybridized carbons (Fsp3) is 0.367. The number of halogens is 4. The summed E-state index contributed by atoms with van der Waals surface area (Å²) < 4.78 is 42.9. The fourth-order valence-electron chi connectivity index (χ4n) is 6.34. The van der Waals surface area contributed by atoms with Gasteiger partial charge in [-0.3, -0.25) is 19.3 Å². The SMILES string of the molecule is C=CC(=O)N1Cc2nc(CN3C[C@H]4CC(=O)N(c5cc(C(F)(F)F)cc(C)n5)[C@@H]4C(=O)Nc4cccc(Cl)c43)cn2C[C@@H]1C. The van der Waals surface area contributed by atoms with Crippen LogP contribution in [0.4, 0.5) is 30.4 Å². The molecular formula is C30H29ClF3N7O3. The third kappa shape index (κ3) is 5.29. The van der Waals surface area contributed by atoms with Crippen LogP contribution in [0.25, 0.3) is 0 Å². The van der Waals surface area contributed by atoms with Gasteiger partial charge >= 0.3 is 6.18 Å². The lowest BCUT2D eigenvalue weighted by Gasteiger charge is -2.35. The van der Waals surface area contributed by atoms with Gasteiger partial charge in [0.15, 0.2) is 0 Å². The first-order valence-corrected chi connectivity index (χ1v) is 14.4. The number of imidazole rings is 1. The second-order valence-corrected chi connectivity index (χ2v) is 11.8. The third-order valence-electron chi connectivity index (χ3n) is 8.25. The molecule has 44 heavy (non-hydrogen) atoms. The van der Waals surface area contributed by atoms with Crippen molar-refractivity contribution < 1.29 is 27.6 Å². The van der Waals surface area contributed by atoms with E-state index in [1.807, 2.05) is 22.6 Å². The zero-order chi connectivity index (χ0) is 31.5. The van der Waals surface area contributed by atoms with Crippen molar-refractivity contribution in [1.82, 2.24) is 19.4 Å². The molecule has 3 amide bonds. The van der Waals surface area contributed by atoms with Crippen LogP contribution >= 0.6 is 11.6 Å². The number of anilines is 3. The Labute approximate surface area is 256 Å². The fourth-order valence-corrected chi connectivity index (χ4v) is 6.63. The molecule has 1 fully saturated rings. The normalized spacial score (nSPS) is 21.7. The number of alkyl halides is 3. The van der Waals surface area contributed by atoms with E-state index in [1.165, 1.54) is 13.0 Å². The lowest BCUT2D eigenvalue weighted by Crippen LogP contribution is -2.49. The highest BCUT2D eigenvalue weighted by atomic mass is 35.5. The van der Waals surface area contributed by atoms with Crippen molar-refractivity contribution in [3.63, 3.8) is 0 Å². The summed E-state index contributed by atoms with van der Waals surface area (Å²) >= 11 is 6.67. The molecule has 0 aliphatic carbocycles. The maximum Gasteiger partial charge on any atom is 0.416 e. The first-order valence-electron chi connectivity index (χ1n) is 14.0. The molecule has 3 aromatic rings. The van der Waals surface area contributed by atoms with Crippen LogP contribution in [0.2, 0.25) is 5.02 Å². The number of amides is 3. The quantitative estimate of drug-likeness (QED) is 0.426. The molecule has 0 radical (unpaired) electrons. The van der Waals surface area contributed by atoms with Gasteiger partial charge in [0.25, 0.3) is 0 Å². The number of nitrogens with zero attached hydrogens (tertiary/aromatic N) is 6. The molecule has 3 aliphatic rings. The standard InChI is InChI=1S/C30H29ClF3N7O3/c1-4-25(42)40-15-24-36-20(13-38(24)11-17(40)3)14-39-12-18-9-26(43)41(23-10-19(30(32,33)34)8-16(2)35-23)27(18)29(44)37-22-7-5-6-21(31)28(22)39/h4-8,10,13,17-18,27H,1,9,11-12,14-15H2,2-3H3,(H,37,44)/t17-,18+,27-/m0/s1. The van der Waals surface area contributed by atoms with Gasteiger partial charge in [-0.1, -0.05) is 24.2 Å². The largest absolute Gasteiger partial charge is 0.416 e. The molecule has 6 rings (SSSR count). The Hall–Kier alpha value is -4.39. The summed E-state index contributed by atoms with van der Waals surface area (Å²) in [6.07, 6.45) is -1.55. The number of hydrogen-bond donors (Lipinski definition) is 1. The van der Waals surface area contributed by atoms with Crippen LogP contribution in [0.3, 0.4) is 0 Å². The number of rotatable bonds is 4. The topological polar surface area (TPSA) is 104 Å². The summed E-state index contributed by atoms with van der Waals surface area (Å²) in [6.45, 7) is 8.26. The van der Waals surface area contributed by atoms with E-state index in [0.717, 1.165) is 17.0 Å². The summed E-state index contributed by atoms with van der Waals surface area (Å²) in [5.41, 5.74) is 0.748. The van der Waals surface area contributed by atoms with Crippen molar-refractivity contribution in [2.45, 2.75) is 58.2 Å². The van der Waals surface area contributed by atoms with Crippen LogP contribution in [0.5, 0.6) is 0 Å². The minimum absolute atomic E-state index is 0.0635. The lowest BCUT2D eigenvalue weighted by molar-refractivity contribution is -0.137. The molecule has 0 saturated carbocycles. The van der Waals surface area contributed by atoms with Gasteiger partial charge in [-0.15, -0.1) is 0 Å². The van der Waals surface area contributed by atoms with E-state index in [4.69, 9.17) is 16.6 Å². The van der Waals surface area contributed by atoms with Crippen molar-refractivity contribution in [2.75, 3.05) is 21.7 Å². The molecule has 14 heteroatoms. The number of carbonyl (C=O) groups excluding carboxylic acids is 3. The molecule has 1 N–H and O–H groups in total. The van der Waals surface area contributed by atoms with Crippen LogP contribution in [0.15, 0.2) is 49.2 Å². The minimum Gasteiger partial charge on any atom is -0.362 e. The average Bonchev–Trinajstić information content (AvgIpc) is 3.49. The zero-order valence-electron chi connectivity index (χ0n) is 23.9. The number of benzene rings is 1. The number of carbonyl (C=O) groups is 3. The molecule has 1 aromatic carbocycles. The highest BCUT2D eigenvalue weighted by molar-refractivity contribution is 6.34. The van der Waals surface area contributed by atoms with Crippen molar-refractivity contribution in [3.8, 4) is 0 Å². The van der Waals surface area contributed by atoms with E-state index in [1.54, 1.807) is 23.1 Å². The maximum absolute atomic E-state index is 13.7. The van der Waals surface area contributed by atoms with Gasteiger partial charge in [0.2, 0.25) is 17.7 Å². The number of para-hydroxylation sites is 1. The summed E-state index contributed by atoms with van der Waals surface area (Å²) in [6, 6.07) is 5.58. The van der Waals surface area contributed by atoms with Crippen molar-refractivity contribution in [1.29, 1.82) is 0 Å². The van der Waals surface area contributed by atoms with E-state index in [2.05, 4.69) is 16.9 Å². The van der Waals surface area contributed by atoms with Crippen LogP contribution in [0, 0.1) is 12.8 Å². The van der Waals surface area contributed by atoms with Gasteiger partial charge in [0.1, 0.15) is 17.7 Å². The van der Waals surface area contributed by atoms with Crippen LogP contribution in [-0.2, 0) is 40.2 Å². The molecule has 230 valence electrons. The molecule has 5 heterocycles. The van der Waals surface area contributed by atoms with Crippen molar-refractivity contribution >= 4 is 46.5 Å². The Balaban J connectivity index is 1.36. The molecule has 0 bridgehead atoms. The molecule has 10 nitrogen and oxygen atoms in total. The molecule has 3 atom stereocenters. The molecule has 3 aliphatic heterocycles. The third-order valence-corrected chi connectivity index (χ3v) is 8.56. The van der Waals surface area contributed by atoms with Crippen LogP contribution < -0.4 is 15.1 Å². The summed E-state index contributed by atoms with van der Waals surface area (Å²) in [4.78, 5) is 53.1. The Morgan fingerprint density at radius 1 is 1.20 bits per heavy atom. The highest BCUT2D eigenvalue weighted by Crippen LogP contribution is 2.42. The van der Waals surface area contributed by atoms with Gasteiger partial charge in [-0.05, 0) is 44.2 Å². The molecular weight excluding hydrogens is 599 g/mol. The van der Waals surface area contributed by atoms with Gasteiger partial charge in [0, 0.05) is 43.4 Å². The number of fused-ring (bicyclic) bond motifs is 3. The number of hydrogen-bond acceptors (Lipinski definition) is 6. The van der Waals surface area contributed by atoms with Gasteiger partial charge in [0.05, 0.1) is 40.7 Å². The predicted octanol–water partition coefficient (Wildman–Crippen LogP) is 4.56. The van der Waals surface area contributed by atoms with Crippen LogP contribution in [-0.4, -0.2) is 55.8 Å². The van der Waals surface area contributed by atoms with Crippen molar-refractivity contribution in [3.05, 3.63) is 77.0 Å².